The van der Waals surface area contributed by atoms with Crippen molar-refractivity contribution >= 4 is 30.1 Å². The number of methoxy groups -OCH3 is 2. The molecule has 0 aromatic heterocycles. The van der Waals surface area contributed by atoms with Crippen LogP contribution in [0.25, 0.3) is 0 Å². The summed E-state index contributed by atoms with van der Waals surface area (Å²) >= 11 is 0. The van der Waals surface area contributed by atoms with E-state index in [-0.39, 0.29) is 24.3 Å². The molecule has 1 heterocycles. The van der Waals surface area contributed by atoms with Crippen molar-refractivity contribution in [2.75, 3.05) is 45.5 Å². The fraction of sp³-hybridized carbons (Fsp3) is 0.500. The summed E-state index contributed by atoms with van der Waals surface area (Å²) in [5.74, 6) is 3.39. The van der Waals surface area contributed by atoms with Crippen LogP contribution >= 0.6 is 30.1 Å². The molecule has 1 fully saturated rings. The van der Waals surface area contributed by atoms with Crippen molar-refractivity contribution in [1.29, 1.82) is 0 Å². The second-order valence-electron chi connectivity index (χ2n) is 11.6. The van der Waals surface area contributed by atoms with Crippen LogP contribution in [0.1, 0.15) is 57.7 Å². The molecule has 3 atom stereocenters. The van der Waals surface area contributed by atoms with Gasteiger partial charge in [0, 0.05) is 30.2 Å². The van der Waals surface area contributed by atoms with E-state index in [1.165, 1.54) is 0 Å². The monoisotopic (exact) mass is 687 g/mol. The lowest BCUT2D eigenvalue weighted by Crippen LogP contribution is -2.40. The lowest BCUT2D eigenvalue weighted by molar-refractivity contribution is -0.00819. The highest BCUT2D eigenvalue weighted by atomic mass is 33.1. The van der Waals surface area contributed by atoms with Crippen molar-refractivity contribution in [3.63, 3.8) is 0 Å². The van der Waals surface area contributed by atoms with Gasteiger partial charge >= 0.3 is 0 Å². The minimum Gasteiger partial charge on any atom is -0.497 e. The number of rotatable bonds is 18. The molecule has 0 saturated carbocycles. The zero-order valence-electron chi connectivity index (χ0n) is 28.2. The summed E-state index contributed by atoms with van der Waals surface area (Å²) < 4.78 is 39.9. The highest BCUT2D eigenvalue weighted by molar-refractivity contribution is 8.76. The highest BCUT2D eigenvalue weighted by Crippen LogP contribution is 2.49. The van der Waals surface area contributed by atoms with Gasteiger partial charge in [-0.3, -0.25) is 0 Å². The maximum atomic E-state index is 7.04. The molecule has 4 rings (SSSR count). The predicted molar refractivity (Wildman–Crippen MR) is 193 cm³/mol. The molecule has 0 aliphatic carbocycles. The number of nitrogens with zero attached hydrogens (tertiary/aromatic N) is 1. The number of benzene rings is 3. The number of ether oxygens (including phenoxy) is 4. The Morgan fingerprint density at radius 2 is 1.26 bits per heavy atom. The van der Waals surface area contributed by atoms with Crippen LogP contribution in [0.15, 0.2) is 78.9 Å². The van der Waals surface area contributed by atoms with Gasteiger partial charge in [0.1, 0.15) is 23.2 Å². The molecular formula is C36H50NO6PS2. The second kappa shape index (κ2) is 18.7. The van der Waals surface area contributed by atoms with Crippen molar-refractivity contribution in [3.05, 3.63) is 95.6 Å². The minimum absolute atomic E-state index is 0.00978. The zero-order chi connectivity index (χ0) is 32.9. The Morgan fingerprint density at radius 3 is 1.76 bits per heavy atom. The van der Waals surface area contributed by atoms with Gasteiger partial charge in [0.2, 0.25) is 0 Å². The lowest BCUT2D eigenvalue weighted by atomic mass is 9.80. The Bertz CT molecular complexity index is 1220. The molecule has 0 spiro atoms. The van der Waals surface area contributed by atoms with E-state index < -0.39 is 14.1 Å². The molecule has 0 N–H and O–H groups in total. The fourth-order valence-corrected chi connectivity index (χ4v) is 9.98. The van der Waals surface area contributed by atoms with E-state index in [1.807, 2.05) is 58.8 Å². The normalized spacial score (nSPS) is 17.9. The number of hydrogen-bond donors (Lipinski definition) is 0. The van der Waals surface area contributed by atoms with Crippen LogP contribution in [0.3, 0.4) is 0 Å². The Hall–Kier alpha value is -1.81. The van der Waals surface area contributed by atoms with Crippen molar-refractivity contribution in [1.82, 2.24) is 4.67 Å². The van der Waals surface area contributed by atoms with Crippen molar-refractivity contribution in [2.24, 2.45) is 0 Å². The Balaban J connectivity index is 1.57. The molecule has 0 amide bonds. The minimum atomic E-state index is -1.30. The van der Waals surface area contributed by atoms with Crippen LogP contribution in [0.5, 0.6) is 11.5 Å². The van der Waals surface area contributed by atoms with Crippen LogP contribution in [-0.2, 0) is 24.1 Å². The topological polar surface area (TPSA) is 58.6 Å². The summed E-state index contributed by atoms with van der Waals surface area (Å²) in [7, 11) is 5.76. The molecule has 252 valence electrons. The first-order valence-corrected chi connectivity index (χ1v) is 19.7. The Kier molecular flexibility index (Phi) is 15.0. The Morgan fingerprint density at radius 1 is 0.739 bits per heavy atom. The van der Waals surface area contributed by atoms with E-state index in [9.17, 15) is 0 Å². The first kappa shape index (κ1) is 37.0. The van der Waals surface area contributed by atoms with Gasteiger partial charge in [0.05, 0.1) is 33.5 Å². The summed E-state index contributed by atoms with van der Waals surface area (Å²) in [6.45, 7) is 12.5. The lowest BCUT2D eigenvalue weighted by Gasteiger charge is -2.40. The molecule has 1 aliphatic rings. The smallest absolute Gasteiger partial charge is 0.259 e. The van der Waals surface area contributed by atoms with E-state index in [0.717, 1.165) is 39.7 Å². The summed E-state index contributed by atoms with van der Waals surface area (Å²) in [4.78, 5) is 0. The summed E-state index contributed by atoms with van der Waals surface area (Å²) in [6.07, 6.45) is 0.747. The molecule has 0 radical (unpaired) electrons. The largest absolute Gasteiger partial charge is 0.497 e. The Labute approximate surface area is 285 Å². The highest BCUT2D eigenvalue weighted by Gasteiger charge is 2.38. The van der Waals surface area contributed by atoms with Crippen molar-refractivity contribution in [2.45, 2.75) is 70.9 Å². The quantitative estimate of drug-likeness (QED) is 0.0565. The molecular weight excluding hydrogens is 638 g/mol. The van der Waals surface area contributed by atoms with Gasteiger partial charge < -0.3 is 28.0 Å². The molecule has 46 heavy (non-hydrogen) atoms. The van der Waals surface area contributed by atoms with Crippen LogP contribution in [0.2, 0.25) is 0 Å². The standard InChI is InChI=1S/C36H50NO6PS2/c1-8-40-34-25-45-46-26-35(34)43-44(37(27(2)3)28(4)5)42-24-12-23-41-36(29-13-10-9-11-14-29,30-15-19-32(38-6)20-16-30)31-17-21-33(39-7)22-18-31/h9-11,13-22,27-28,34-35H,8,12,23-26H2,1-7H3/t34-,35-,44?/m1/s1. The van der Waals surface area contributed by atoms with Crippen LogP contribution in [0, 0.1) is 0 Å². The molecule has 10 heteroatoms. The van der Waals surface area contributed by atoms with Crippen LogP contribution < -0.4 is 9.47 Å². The molecule has 3 aromatic rings. The van der Waals surface area contributed by atoms with E-state index in [4.69, 9.17) is 28.0 Å². The third-order valence-corrected chi connectivity index (χ3v) is 12.4. The molecule has 3 aromatic carbocycles. The third-order valence-electron chi connectivity index (χ3n) is 7.80. The second-order valence-corrected chi connectivity index (χ2v) is 15.5. The predicted octanol–water partition coefficient (Wildman–Crippen LogP) is 8.95. The van der Waals surface area contributed by atoms with Gasteiger partial charge in [-0.15, -0.1) is 0 Å². The fourth-order valence-electron chi connectivity index (χ4n) is 5.65. The molecule has 0 bridgehead atoms. The number of hydrogen-bond acceptors (Lipinski definition) is 9. The van der Waals surface area contributed by atoms with Gasteiger partial charge in [-0.25, -0.2) is 4.67 Å². The summed E-state index contributed by atoms with van der Waals surface area (Å²) in [6, 6.07) is 27.2. The van der Waals surface area contributed by atoms with Crippen LogP contribution in [-0.4, -0.2) is 74.5 Å². The van der Waals surface area contributed by atoms with Crippen LogP contribution in [0.4, 0.5) is 0 Å². The summed E-state index contributed by atoms with van der Waals surface area (Å²) in [5, 5.41) is 0. The third kappa shape index (κ3) is 9.42. The average molecular weight is 688 g/mol. The maximum Gasteiger partial charge on any atom is 0.259 e. The van der Waals surface area contributed by atoms with Gasteiger partial charge in [0.25, 0.3) is 8.53 Å². The SMILES string of the molecule is CCO[C@@H]1CSSC[C@H]1OP(OCCCOC(c1ccccc1)(c1ccc(OC)cc1)c1ccc(OC)cc1)N(C(C)C)C(C)C. The van der Waals surface area contributed by atoms with E-state index in [2.05, 4.69) is 80.9 Å². The van der Waals surface area contributed by atoms with Crippen molar-refractivity contribution in [3.8, 4) is 11.5 Å². The van der Waals surface area contributed by atoms with E-state index in [0.29, 0.717) is 26.2 Å². The van der Waals surface area contributed by atoms with Gasteiger partial charge in [-0.1, -0.05) is 76.2 Å². The van der Waals surface area contributed by atoms with Crippen molar-refractivity contribution < 1.29 is 28.0 Å². The van der Waals surface area contributed by atoms with E-state index in [1.54, 1.807) is 14.2 Å². The van der Waals surface area contributed by atoms with Gasteiger partial charge in [-0.2, -0.15) is 0 Å². The maximum absolute atomic E-state index is 7.04. The average Bonchev–Trinajstić information content (AvgIpc) is 3.07. The zero-order valence-corrected chi connectivity index (χ0v) is 30.7. The molecule has 1 saturated heterocycles. The molecule has 7 nitrogen and oxygen atoms in total. The first-order chi connectivity index (χ1) is 22.3. The van der Waals surface area contributed by atoms with E-state index >= 15 is 0 Å². The molecule has 1 unspecified atom stereocenters. The molecule has 1 aliphatic heterocycles. The summed E-state index contributed by atoms with van der Waals surface area (Å²) in [5.41, 5.74) is 2.20. The first-order valence-electron chi connectivity index (χ1n) is 16.1. The van der Waals surface area contributed by atoms with Gasteiger partial charge in [0.15, 0.2) is 0 Å². The van der Waals surface area contributed by atoms with Gasteiger partial charge in [-0.05, 0) is 82.0 Å².